The maximum absolute atomic E-state index is 12.8. The number of hydrogen-bond acceptors (Lipinski definition) is 7. The van der Waals surface area contributed by atoms with Gasteiger partial charge >= 0.3 is 0 Å². The minimum absolute atomic E-state index is 0.00868. The van der Waals surface area contributed by atoms with Crippen LogP contribution in [0.15, 0.2) is 0 Å². The lowest BCUT2D eigenvalue weighted by Gasteiger charge is -2.35. The quantitative estimate of drug-likeness (QED) is 0.657. The molecule has 8 heteroatoms. The van der Waals surface area contributed by atoms with Gasteiger partial charge in [-0.25, -0.2) is 0 Å². The number of amides is 1. The summed E-state index contributed by atoms with van der Waals surface area (Å²) in [4.78, 5) is 33.1. The molecule has 1 saturated heterocycles. The van der Waals surface area contributed by atoms with E-state index in [1.807, 2.05) is 18.7 Å². The number of aromatic nitrogens is 3. The summed E-state index contributed by atoms with van der Waals surface area (Å²) in [5.74, 6) is 2.25. The highest BCUT2D eigenvalue weighted by molar-refractivity contribution is 5.79. The zero-order valence-corrected chi connectivity index (χ0v) is 18.2. The van der Waals surface area contributed by atoms with Crippen molar-refractivity contribution in [1.82, 2.24) is 19.9 Å². The van der Waals surface area contributed by atoms with Gasteiger partial charge in [0.25, 0.3) is 0 Å². The first-order valence-electron chi connectivity index (χ1n) is 10.9. The Balaban J connectivity index is 2.26. The zero-order valence-electron chi connectivity index (χ0n) is 18.2. The van der Waals surface area contributed by atoms with Crippen molar-refractivity contribution in [3.63, 3.8) is 0 Å². The fraction of sp³-hybridized carbons (Fsp3) is 0.800. The summed E-state index contributed by atoms with van der Waals surface area (Å²) in [5, 5.41) is 3.30. The maximum atomic E-state index is 12.8. The molecule has 1 aromatic rings. The molecular weight excluding hydrogens is 354 g/mol. The molecule has 1 fully saturated rings. The third-order valence-electron chi connectivity index (χ3n) is 5.32. The van der Waals surface area contributed by atoms with Crippen molar-refractivity contribution >= 4 is 23.8 Å². The van der Waals surface area contributed by atoms with Gasteiger partial charge in [0.15, 0.2) is 0 Å². The molecule has 0 aromatic carbocycles. The number of rotatable bonds is 10. The van der Waals surface area contributed by atoms with Crippen molar-refractivity contribution in [2.75, 3.05) is 60.9 Å². The van der Waals surface area contributed by atoms with E-state index in [-0.39, 0.29) is 11.8 Å². The van der Waals surface area contributed by atoms with Crippen molar-refractivity contribution in [3.05, 3.63) is 0 Å². The largest absolute Gasteiger partial charge is 0.354 e. The molecule has 0 radical (unpaired) electrons. The summed E-state index contributed by atoms with van der Waals surface area (Å²) >= 11 is 0. The summed E-state index contributed by atoms with van der Waals surface area (Å²) in [6.45, 7) is 16.0. The number of piperidine rings is 1. The average Bonchev–Trinajstić information content (AvgIpc) is 2.74. The van der Waals surface area contributed by atoms with Crippen LogP contribution in [0.1, 0.15) is 53.9 Å². The molecule has 28 heavy (non-hydrogen) atoms. The Bertz CT molecular complexity index is 617. The molecule has 1 atom stereocenters. The van der Waals surface area contributed by atoms with Gasteiger partial charge < -0.3 is 20.0 Å². The van der Waals surface area contributed by atoms with Gasteiger partial charge in [0.1, 0.15) is 0 Å². The molecule has 1 amide bonds. The Kier molecular flexibility index (Phi) is 8.73. The molecule has 1 aliphatic rings. The Morgan fingerprint density at radius 3 is 2.39 bits per heavy atom. The van der Waals surface area contributed by atoms with E-state index in [2.05, 4.69) is 45.9 Å². The van der Waals surface area contributed by atoms with E-state index in [4.69, 9.17) is 4.98 Å². The SMILES string of the molecule is CCCNc1nc(N(CC)CC)nc(N2CCCC(C(=O)N(CC)CC)C2)n1. The molecule has 2 heterocycles. The van der Waals surface area contributed by atoms with Crippen molar-refractivity contribution in [1.29, 1.82) is 0 Å². The first kappa shape index (κ1) is 22.2. The summed E-state index contributed by atoms with van der Waals surface area (Å²) in [6, 6.07) is 0. The van der Waals surface area contributed by atoms with Crippen LogP contribution in [-0.4, -0.2) is 71.6 Å². The van der Waals surface area contributed by atoms with Gasteiger partial charge in [0.2, 0.25) is 23.8 Å². The summed E-state index contributed by atoms with van der Waals surface area (Å²) in [5.41, 5.74) is 0. The fourth-order valence-corrected chi connectivity index (χ4v) is 3.61. The van der Waals surface area contributed by atoms with Crippen molar-refractivity contribution in [2.24, 2.45) is 5.92 Å². The van der Waals surface area contributed by atoms with E-state index in [0.717, 1.165) is 58.5 Å². The Morgan fingerprint density at radius 1 is 1.07 bits per heavy atom. The highest BCUT2D eigenvalue weighted by Crippen LogP contribution is 2.24. The van der Waals surface area contributed by atoms with Crippen LogP contribution in [0, 0.1) is 5.92 Å². The van der Waals surface area contributed by atoms with Gasteiger partial charge in [-0.05, 0) is 47.0 Å². The van der Waals surface area contributed by atoms with Crippen LogP contribution in [0.4, 0.5) is 17.8 Å². The summed E-state index contributed by atoms with van der Waals surface area (Å²) < 4.78 is 0. The highest BCUT2D eigenvalue weighted by atomic mass is 16.2. The normalized spacial score (nSPS) is 16.8. The van der Waals surface area contributed by atoms with Gasteiger partial charge in [0, 0.05) is 45.8 Å². The summed E-state index contributed by atoms with van der Waals surface area (Å²) in [6.07, 6.45) is 2.91. The summed E-state index contributed by atoms with van der Waals surface area (Å²) in [7, 11) is 0. The first-order valence-corrected chi connectivity index (χ1v) is 10.9. The number of carbonyl (C=O) groups is 1. The molecule has 1 N–H and O–H groups in total. The second-order valence-corrected chi connectivity index (χ2v) is 7.15. The number of nitrogens with zero attached hydrogens (tertiary/aromatic N) is 6. The second kappa shape index (κ2) is 11.0. The minimum atomic E-state index is 0.00868. The first-order chi connectivity index (χ1) is 13.6. The highest BCUT2D eigenvalue weighted by Gasteiger charge is 2.30. The van der Waals surface area contributed by atoms with Crippen molar-refractivity contribution in [3.8, 4) is 0 Å². The molecule has 0 aliphatic carbocycles. The molecule has 0 saturated carbocycles. The number of nitrogens with one attached hydrogen (secondary N) is 1. The van der Waals surface area contributed by atoms with Crippen molar-refractivity contribution in [2.45, 2.75) is 53.9 Å². The Hall–Kier alpha value is -2.12. The minimum Gasteiger partial charge on any atom is -0.354 e. The predicted molar refractivity (Wildman–Crippen MR) is 115 cm³/mol. The molecule has 158 valence electrons. The lowest BCUT2D eigenvalue weighted by Crippen LogP contribution is -2.45. The Labute approximate surface area is 169 Å². The van der Waals surface area contributed by atoms with Gasteiger partial charge in [-0.1, -0.05) is 6.92 Å². The van der Waals surface area contributed by atoms with E-state index >= 15 is 0 Å². The van der Waals surface area contributed by atoms with Crippen LogP contribution in [0.5, 0.6) is 0 Å². The second-order valence-electron chi connectivity index (χ2n) is 7.15. The third-order valence-corrected chi connectivity index (χ3v) is 5.32. The molecule has 2 rings (SSSR count). The predicted octanol–water partition coefficient (Wildman–Crippen LogP) is 2.62. The van der Waals surface area contributed by atoms with Crippen LogP contribution in [0.2, 0.25) is 0 Å². The molecule has 1 aliphatic heterocycles. The maximum Gasteiger partial charge on any atom is 0.231 e. The molecule has 0 spiro atoms. The van der Waals surface area contributed by atoms with Gasteiger partial charge in [0.05, 0.1) is 5.92 Å². The fourth-order valence-electron chi connectivity index (χ4n) is 3.61. The van der Waals surface area contributed by atoms with Crippen LogP contribution >= 0.6 is 0 Å². The van der Waals surface area contributed by atoms with E-state index in [9.17, 15) is 4.79 Å². The van der Waals surface area contributed by atoms with E-state index in [1.54, 1.807) is 0 Å². The van der Waals surface area contributed by atoms with Crippen molar-refractivity contribution < 1.29 is 4.79 Å². The molecule has 0 bridgehead atoms. The molecule has 1 unspecified atom stereocenters. The van der Waals surface area contributed by atoms with Crippen LogP contribution in [0.3, 0.4) is 0 Å². The molecule has 1 aromatic heterocycles. The van der Waals surface area contributed by atoms with E-state index in [0.29, 0.717) is 24.4 Å². The lowest BCUT2D eigenvalue weighted by molar-refractivity contribution is -0.135. The molecular formula is C20H37N7O. The third kappa shape index (κ3) is 5.45. The smallest absolute Gasteiger partial charge is 0.231 e. The van der Waals surface area contributed by atoms with E-state index < -0.39 is 0 Å². The van der Waals surface area contributed by atoms with Crippen LogP contribution in [0.25, 0.3) is 0 Å². The lowest BCUT2D eigenvalue weighted by atomic mass is 9.96. The van der Waals surface area contributed by atoms with Gasteiger partial charge in [-0.3, -0.25) is 4.79 Å². The molecule has 8 nitrogen and oxygen atoms in total. The Morgan fingerprint density at radius 2 is 1.79 bits per heavy atom. The van der Waals surface area contributed by atoms with E-state index in [1.165, 1.54) is 0 Å². The number of anilines is 3. The number of carbonyl (C=O) groups excluding carboxylic acids is 1. The topological polar surface area (TPSA) is 77.5 Å². The van der Waals surface area contributed by atoms with Gasteiger partial charge in [-0.15, -0.1) is 0 Å². The zero-order chi connectivity index (χ0) is 20.5. The van der Waals surface area contributed by atoms with Crippen LogP contribution < -0.4 is 15.1 Å². The average molecular weight is 392 g/mol. The van der Waals surface area contributed by atoms with Gasteiger partial charge in [-0.2, -0.15) is 15.0 Å². The monoisotopic (exact) mass is 391 g/mol. The number of hydrogen-bond donors (Lipinski definition) is 1. The standard InChI is InChI=1S/C20H37N7O/c1-6-13-21-18-22-19(26(9-4)10-5)24-20(23-18)27-14-11-12-16(15-27)17(28)25(7-2)8-3/h16H,6-15H2,1-5H3,(H,21,22,23,24). The van der Waals surface area contributed by atoms with Crippen LogP contribution in [-0.2, 0) is 4.79 Å².